The van der Waals surface area contributed by atoms with Crippen LogP contribution in [0.1, 0.15) is 37.8 Å². The van der Waals surface area contributed by atoms with E-state index in [1.165, 1.54) is 6.42 Å². The Morgan fingerprint density at radius 3 is 3.12 bits per heavy atom. The first-order valence-corrected chi connectivity index (χ1v) is 6.32. The number of hydrogen-bond acceptors (Lipinski definition) is 4. The lowest BCUT2D eigenvalue weighted by Gasteiger charge is -2.37. The fourth-order valence-electron chi connectivity index (χ4n) is 2.47. The van der Waals surface area contributed by atoms with Crippen LogP contribution in [0.25, 0.3) is 0 Å². The molecular weight excluding hydrogens is 214 g/mol. The van der Waals surface area contributed by atoms with Gasteiger partial charge in [-0.25, -0.2) is 4.98 Å². The van der Waals surface area contributed by atoms with E-state index in [4.69, 9.17) is 5.73 Å². The van der Waals surface area contributed by atoms with Gasteiger partial charge in [-0.2, -0.15) is 0 Å². The van der Waals surface area contributed by atoms with Crippen molar-refractivity contribution < 1.29 is 5.11 Å². The number of nitrogens with zero attached hydrogens (tertiary/aromatic N) is 2. The zero-order valence-electron chi connectivity index (χ0n) is 10.3. The Balaban J connectivity index is 2.31. The van der Waals surface area contributed by atoms with Crippen LogP contribution in [0, 0.1) is 0 Å². The van der Waals surface area contributed by atoms with Crippen LogP contribution >= 0.6 is 0 Å². The van der Waals surface area contributed by atoms with Gasteiger partial charge in [-0.3, -0.25) is 0 Å². The normalized spacial score (nSPS) is 22.5. The molecule has 0 spiro atoms. The van der Waals surface area contributed by atoms with Crippen LogP contribution in [-0.2, 0) is 0 Å². The summed E-state index contributed by atoms with van der Waals surface area (Å²) in [5, 5.41) is 9.45. The Morgan fingerprint density at radius 2 is 2.41 bits per heavy atom. The summed E-state index contributed by atoms with van der Waals surface area (Å²) in [6.45, 7) is 3.12. The summed E-state index contributed by atoms with van der Waals surface area (Å²) >= 11 is 0. The lowest BCUT2D eigenvalue weighted by Crippen LogP contribution is -2.43. The molecule has 1 aliphatic rings. The molecule has 2 rings (SSSR count). The van der Waals surface area contributed by atoms with Gasteiger partial charge < -0.3 is 15.7 Å². The first-order valence-electron chi connectivity index (χ1n) is 6.32. The monoisotopic (exact) mass is 235 g/mol. The van der Waals surface area contributed by atoms with Crippen LogP contribution in [0.3, 0.4) is 0 Å². The van der Waals surface area contributed by atoms with Gasteiger partial charge in [-0.05, 0) is 32.3 Å². The molecule has 0 saturated carbocycles. The van der Waals surface area contributed by atoms with Crippen LogP contribution in [-0.4, -0.2) is 29.3 Å². The molecule has 0 aliphatic carbocycles. The summed E-state index contributed by atoms with van der Waals surface area (Å²) in [5.41, 5.74) is 7.04. The second kappa shape index (κ2) is 5.47. The highest BCUT2D eigenvalue weighted by atomic mass is 16.3. The van der Waals surface area contributed by atoms with Crippen LogP contribution < -0.4 is 10.6 Å². The maximum Gasteiger partial charge on any atom is 0.133 e. The van der Waals surface area contributed by atoms with E-state index in [-0.39, 0.29) is 18.7 Å². The molecule has 1 aromatic heterocycles. The molecule has 94 valence electrons. The third kappa shape index (κ3) is 2.58. The fourth-order valence-corrected chi connectivity index (χ4v) is 2.47. The topological polar surface area (TPSA) is 62.4 Å². The van der Waals surface area contributed by atoms with E-state index >= 15 is 0 Å². The average molecular weight is 235 g/mol. The van der Waals surface area contributed by atoms with Gasteiger partial charge in [0, 0.05) is 24.3 Å². The summed E-state index contributed by atoms with van der Waals surface area (Å²) in [6.07, 6.45) is 5.17. The maximum absolute atomic E-state index is 9.45. The van der Waals surface area contributed by atoms with Crippen LogP contribution in [0.5, 0.6) is 0 Å². The Hall–Kier alpha value is -1.13. The molecular formula is C13H21N3O. The van der Waals surface area contributed by atoms with Crippen LogP contribution in [0.2, 0.25) is 0 Å². The minimum absolute atomic E-state index is 0.0278. The summed E-state index contributed by atoms with van der Waals surface area (Å²) < 4.78 is 0. The van der Waals surface area contributed by atoms with E-state index < -0.39 is 0 Å². The second-order valence-electron chi connectivity index (χ2n) is 4.73. The molecule has 0 amide bonds. The van der Waals surface area contributed by atoms with Crippen LogP contribution in [0.15, 0.2) is 18.3 Å². The molecule has 0 aromatic carbocycles. The standard InChI is InChI=1S/C13H21N3O/c1-10(14)12-6-4-7-15-13(12)16-8-3-2-5-11(16)9-17/h4,6-7,10-11,17H,2-3,5,8-9,14H2,1H3/t10-,11?/m0/s1. The zero-order chi connectivity index (χ0) is 12.3. The van der Waals surface area contributed by atoms with E-state index in [2.05, 4.69) is 9.88 Å². The molecule has 2 atom stereocenters. The number of rotatable bonds is 3. The lowest BCUT2D eigenvalue weighted by atomic mass is 10.0. The average Bonchev–Trinajstić information content (AvgIpc) is 2.38. The number of aliphatic hydroxyl groups excluding tert-OH is 1. The van der Waals surface area contributed by atoms with Gasteiger partial charge in [-0.15, -0.1) is 0 Å². The highest BCUT2D eigenvalue weighted by Crippen LogP contribution is 2.28. The van der Waals surface area contributed by atoms with Crippen molar-refractivity contribution in [2.24, 2.45) is 5.73 Å². The number of aromatic nitrogens is 1. The number of hydrogen-bond donors (Lipinski definition) is 2. The first kappa shape index (κ1) is 12.3. The van der Waals surface area contributed by atoms with Gasteiger partial charge in [0.15, 0.2) is 0 Å². The predicted octanol–water partition coefficient (Wildman–Crippen LogP) is 1.45. The maximum atomic E-state index is 9.45. The SMILES string of the molecule is C[C@H](N)c1cccnc1N1CCCCC1CO. The van der Waals surface area contributed by atoms with Crippen molar-refractivity contribution in [1.82, 2.24) is 4.98 Å². The fraction of sp³-hybridized carbons (Fsp3) is 0.615. The second-order valence-corrected chi connectivity index (χ2v) is 4.73. The third-order valence-electron chi connectivity index (χ3n) is 3.42. The Kier molecular flexibility index (Phi) is 3.97. The van der Waals surface area contributed by atoms with E-state index in [9.17, 15) is 5.11 Å². The van der Waals surface area contributed by atoms with Crippen molar-refractivity contribution in [3.05, 3.63) is 23.9 Å². The molecule has 3 N–H and O–H groups in total. The Labute approximate surface area is 102 Å². The molecule has 1 saturated heterocycles. The van der Waals surface area contributed by atoms with Gasteiger partial charge >= 0.3 is 0 Å². The highest BCUT2D eigenvalue weighted by molar-refractivity contribution is 5.49. The molecule has 1 unspecified atom stereocenters. The number of nitrogens with two attached hydrogens (primary N) is 1. The molecule has 17 heavy (non-hydrogen) atoms. The van der Waals surface area contributed by atoms with E-state index in [0.717, 1.165) is 30.8 Å². The molecule has 2 heterocycles. The van der Waals surface area contributed by atoms with Crippen molar-refractivity contribution in [2.75, 3.05) is 18.1 Å². The zero-order valence-corrected chi connectivity index (χ0v) is 10.3. The quantitative estimate of drug-likeness (QED) is 0.832. The lowest BCUT2D eigenvalue weighted by molar-refractivity contribution is 0.239. The van der Waals surface area contributed by atoms with Gasteiger partial charge in [-0.1, -0.05) is 6.07 Å². The van der Waals surface area contributed by atoms with Gasteiger partial charge in [0.2, 0.25) is 0 Å². The Morgan fingerprint density at radius 1 is 1.59 bits per heavy atom. The minimum atomic E-state index is -0.0278. The van der Waals surface area contributed by atoms with E-state index in [1.807, 2.05) is 19.1 Å². The summed E-state index contributed by atoms with van der Waals surface area (Å²) in [7, 11) is 0. The summed E-state index contributed by atoms with van der Waals surface area (Å²) in [4.78, 5) is 6.67. The summed E-state index contributed by atoms with van der Waals surface area (Å²) in [6, 6.07) is 4.10. The third-order valence-corrected chi connectivity index (χ3v) is 3.42. The van der Waals surface area contributed by atoms with Crippen molar-refractivity contribution in [3.63, 3.8) is 0 Å². The predicted molar refractivity (Wildman–Crippen MR) is 68.9 cm³/mol. The molecule has 1 aliphatic heterocycles. The number of piperidine rings is 1. The van der Waals surface area contributed by atoms with Crippen molar-refractivity contribution in [1.29, 1.82) is 0 Å². The van der Waals surface area contributed by atoms with Crippen molar-refractivity contribution in [3.8, 4) is 0 Å². The van der Waals surface area contributed by atoms with E-state index in [0.29, 0.717) is 0 Å². The molecule has 0 bridgehead atoms. The van der Waals surface area contributed by atoms with E-state index in [1.54, 1.807) is 6.20 Å². The van der Waals surface area contributed by atoms with Crippen molar-refractivity contribution in [2.45, 2.75) is 38.3 Å². The van der Waals surface area contributed by atoms with Gasteiger partial charge in [0.25, 0.3) is 0 Å². The largest absolute Gasteiger partial charge is 0.394 e. The molecule has 4 nitrogen and oxygen atoms in total. The molecule has 4 heteroatoms. The number of aliphatic hydroxyl groups is 1. The minimum Gasteiger partial charge on any atom is -0.394 e. The first-order chi connectivity index (χ1) is 8.24. The van der Waals surface area contributed by atoms with Crippen LogP contribution in [0.4, 0.5) is 5.82 Å². The van der Waals surface area contributed by atoms with Gasteiger partial charge in [0.1, 0.15) is 5.82 Å². The number of pyridine rings is 1. The van der Waals surface area contributed by atoms with Crippen molar-refractivity contribution >= 4 is 5.82 Å². The molecule has 1 aromatic rings. The Bertz CT molecular complexity index is 367. The summed E-state index contributed by atoms with van der Waals surface area (Å²) in [5.74, 6) is 0.946. The van der Waals surface area contributed by atoms with Gasteiger partial charge in [0.05, 0.1) is 12.6 Å². The molecule has 0 radical (unpaired) electrons. The molecule has 1 fully saturated rings. The smallest absolute Gasteiger partial charge is 0.133 e. The highest BCUT2D eigenvalue weighted by Gasteiger charge is 2.25. The number of anilines is 1.